The molecule has 0 unspecified atom stereocenters. The first-order valence-corrected chi connectivity index (χ1v) is 7.21. The van der Waals surface area contributed by atoms with Crippen LogP contribution in [0.1, 0.15) is 0 Å². The van der Waals surface area contributed by atoms with Gasteiger partial charge in [-0.15, -0.1) is 0 Å². The maximum absolute atomic E-state index is 4.52. The van der Waals surface area contributed by atoms with Crippen LogP contribution in [0.4, 0.5) is 5.69 Å². The molecule has 5 heteroatoms. The zero-order valence-corrected chi connectivity index (χ0v) is 11.8. The van der Waals surface area contributed by atoms with Crippen molar-refractivity contribution >= 4 is 16.7 Å². The molecular weight excluding hydrogens is 262 g/mol. The second kappa shape index (κ2) is 5.18. The Morgan fingerprint density at radius 2 is 1.48 bits per heavy atom. The molecule has 0 N–H and O–H groups in total. The fourth-order valence-corrected chi connectivity index (χ4v) is 2.76. The van der Waals surface area contributed by atoms with Crippen molar-refractivity contribution in [1.29, 1.82) is 0 Å². The second-order valence-corrected chi connectivity index (χ2v) is 5.34. The fraction of sp³-hybridized carbons (Fsp3) is 0.250. The maximum atomic E-state index is 4.52. The molecule has 2 aromatic carbocycles. The molecule has 2 heterocycles. The standard InChI is InChI=1S/C16H17N5/c1-2-6-14(7-3-1)20-11-10-19(12-20)13-21-17-15-8-4-5-9-16(15)18-21/h1-9H,10-13H2. The molecule has 1 aliphatic rings. The minimum absolute atomic E-state index is 0.734. The van der Waals surface area contributed by atoms with Gasteiger partial charge >= 0.3 is 0 Å². The summed E-state index contributed by atoms with van der Waals surface area (Å²) in [6, 6.07) is 18.5. The van der Waals surface area contributed by atoms with Crippen LogP contribution in [0.5, 0.6) is 0 Å². The van der Waals surface area contributed by atoms with E-state index in [9.17, 15) is 0 Å². The van der Waals surface area contributed by atoms with Gasteiger partial charge in [0.2, 0.25) is 0 Å². The van der Waals surface area contributed by atoms with Gasteiger partial charge in [-0.05, 0) is 24.3 Å². The molecule has 21 heavy (non-hydrogen) atoms. The van der Waals surface area contributed by atoms with Crippen LogP contribution in [-0.2, 0) is 6.67 Å². The summed E-state index contributed by atoms with van der Waals surface area (Å²) in [5, 5.41) is 9.04. The van der Waals surface area contributed by atoms with Crippen molar-refractivity contribution < 1.29 is 0 Å². The number of aromatic nitrogens is 3. The van der Waals surface area contributed by atoms with Gasteiger partial charge in [-0.25, -0.2) is 0 Å². The molecule has 0 atom stereocenters. The van der Waals surface area contributed by atoms with Crippen LogP contribution in [0, 0.1) is 0 Å². The van der Waals surface area contributed by atoms with E-state index >= 15 is 0 Å². The summed E-state index contributed by atoms with van der Waals surface area (Å²) in [6.45, 7) is 3.73. The Morgan fingerprint density at radius 1 is 0.810 bits per heavy atom. The van der Waals surface area contributed by atoms with Gasteiger partial charge in [0.25, 0.3) is 0 Å². The van der Waals surface area contributed by atoms with E-state index in [1.807, 2.05) is 24.3 Å². The normalized spacial score (nSPS) is 15.9. The maximum Gasteiger partial charge on any atom is 0.114 e. The lowest BCUT2D eigenvalue weighted by atomic mass is 10.3. The Kier molecular flexibility index (Phi) is 3.05. The topological polar surface area (TPSA) is 37.2 Å². The number of rotatable bonds is 3. The summed E-state index contributed by atoms with van der Waals surface area (Å²) in [5.41, 5.74) is 3.19. The smallest absolute Gasteiger partial charge is 0.114 e. The second-order valence-electron chi connectivity index (χ2n) is 5.34. The molecule has 1 aromatic heterocycles. The average molecular weight is 279 g/mol. The molecule has 1 fully saturated rings. The van der Waals surface area contributed by atoms with Gasteiger partial charge in [-0.3, -0.25) is 4.90 Å². The monoisotopic (exact) mass is 279 g/mol. The van der Waals surface area contributed by atoms with Crippen LogP contribution in [0.25, 0.3) is 11.0 Å². The summed E-state index contributed by atoms with van der Waals surface area (Å²) in [4.78, 5) is 6.52. The molecule has 1 saturated heterocycles. The van der Waals surface area contributed by atoms with Crippen LogP contribution in [0.2, 0.25) is 0 Å². The lowest BCUT2D eigenvalue weighted by Gasteiger charge is -2.19. The Hall–Kier alpha value is -2.40. The van der Waals surface area contributed by atoms with Crippen molar-refractivity contribution in [3.8, 4) is 0 Å². The van der Waals surface area contributed by atoms with Gasteiger partial charge in [0.1, 0.15) is 17.7 Å². The minimum Gasteiger partial charge on any atom is -0.357 e. The number of para-hydroxylation sites is 1. The van der Waals surface area contributed by atoms with Gasteiger partial charge in [0.15, 0.2) is 0 Å². The van der Waals surface area contributed by atoms with Crippen molar-refractivity contribution in [2.45, 2.75) is 6.67 Å². The number of hydrogen-bond donors (Lipinski definition) is 0. The van der Waals surface area contributed by atoms with Gasteiger partial charge in [-0.2, -0.15) is 15.0 Å². The zero-order chi connectivity index (χ0) is 14.1. The minimum atomic E-state index is 0.734. The van der Waals surface area contributed by atoms with Gasteiger partial charge in [-0.1, -0.05) is 30.3 Å². The molecule has 0 spiro atoms. The lowest BCUT2D eigenvalue weighted by Crippen LogP contribution is -2.28. The molecule has 0 saturated carbocycles. The van der Waals surface area contributed by atoms with Crippen LogP contribution in [0.15, 0.2) is 54.6 Å². The number of anilines is 1. The van der Waals surface area contributed by atoms with Crippen molar-refractivity contribution in [2.24, 2.45) is 0 Å². The van der Waals surface area contributed by atoms with Crippen LogP contribution < -0.4 is 4.90 Å². The van der Waals surface area contributed by atoms with E-state index in [1.54, 1.807) is 4.80 Å². The first-order chi connectivity index (χ1) is 10.4. The Bertz CT molecular complexity index is 704. The predicted octanol–water partition coefficient (Wildman–Crippen LogP) is 2.17. The Balaban J connectivity index is 1.46. The van der Waals surface area contributed by atoms with Gasteiger partial charge in [0, 0.05) is 18.8 Å². The van der Waals surface area contributed by atoms with E-state index in [4.69, 9.17) is 0 Å². The number of hydrogen-bond acceptors (Lipinski definition) is 4. The summed E-state index contributed by atoms with van der Waals surface area (Å²) in [5.74, 6) is 0. The molecule has 5 nitrogen and oxygen atoms in total. The Morgan fingerprint density at radius 3 is 2.19 bits per heavy atom. The van der Waals surface area contributed by atoms with Crippen LogP contribution in [-0.4, -0.2) is 39.7 Å². The number of nitrogens with zero attached hydrogens (tertiary/aromatic N) is 5. The third-order valence-corrected chi connectivity index (χ3v) is 3.83. The molecule has 0 bridgehead atoms. The van der Waals surface area contributed by atoms with E-state index in [2.05, 4.69) is 50.3 Å². The quantitative estimate of drug-likeness (QED) is 0.736. The first-order valence-electron chi connectivity index (χ1n) is 7.21. The number of fused-ring (bicyclic) bond motifs is 1. The third kappa shape index (κ3) is 2.48. The summed E-state index contributed by atoms with van der Waals surface area (Å²) in [6.07, 6.45) is 0. The van der Waals surface area contributed by atoms with Crippen molar-refractivity contribution in [3.05, 3.63) is 54.6 Å². The molecule has 0 radical (unpaired) electrons. The molecule has 0 amide bonds. The Labute approximate surface area is 123 Å². The predicted molar refractivity (Wildman–Crippen MR) is 82.9 cm³/mol. The highest BCUT2D eigenvalue weighted by Gasteiger charge is 2.20. The fourth-order valence-electron chi connectivity index (χ4n) is 2.76. The molecule has 106 valence electrons. The summed E-state index contributed by atoms with van der Waals surface area (Å²) >= 11 is 0. The molecule has 4 rings (SSSR count). The SMILES string of the molecule is c1ccc(N2CCN(Cn3nc4ccccc4n3)C2)cc1. The van der Waals surface area contributed by atoms with E-state index in [0.29, 0.717) is 0 Å². The molecule has 1 aliphatic heterocycles. The molecule has 0 aliphatic carbocycles. The zero-order valence-electron chi connectivity index (χ0n) is 11.8. The largest absolute Gasteiger partial charge is 0.357 e. The van der Waals surface area contributed by atoms with E-state index in [1.165, 1.54) is 5.69 Å². The van der Waals surface area contributed by atoms with Crippen molar-refractivity contribution in [1.82, 2.24) is 19.9 Å². The van der Waals surface area contributed by atoms with Crippen molar-refractivity contribution in [2.75, 3.05) is 24.7 Å². The highest BCUT2D eigenvalue weighted by Crippen LogP contribution is 2.18. The average Bonchev–Trinajstić information content (AvgIpc) is 3.14. The summed E-state index contributed by atoms with van der Waals surface area (Å²) in [7, 11) is 0. The van der Waals surface area contributed by atoms with Gasteiger partial charge < -0.3 is 4.90 Å². The van der Waals surface area contributed by atoms with E-state index in [0.717, 1.165) is 37.5 Å². The van der Waals surface area contributed by atoms with Crippen LogP contribution in [0.3, 0.4) is 0 Å². The highest BCUT2D eigenvalue weighted by molar-refractivity contribution is 5.72. The highest BCUT2D eigenvalue weighted by atomic mass is 15.5. The van der Waals surface area contributed by atoms with Crippen LogP contribution >= 0.6 is 0 Å². The van der Waals surface area contributed by atoms with Gasteiger partial charge in [0.05, 0.1) is 6.67 Å². The summed E-state index contributed by atoms with van der Waals surface area (Å²) < 4.78 is 0. The molecular formula is C16H17N5. The van der Waals surface area contributed by atoms with Crippen molar-refractivity contribution in [3.63, 3.8) is 0 Å². The van der Waals surface area contributed by atoms with E-state index < -0.39 is 0 Å². The number of benzene rings is 2. The lowest BCUT2D eigenvalue weighted by molar-refractivity contribution is 0.241. The van der Waals surface area contributed by atoms with E-state index in [-0.39, 0.29) is 0 Å². The third-order valence-electron chi connectivity index (χ3n) is 3.83. The first kappa shape index (κ1) is 12.3. The molecule has 3 aromatic rings.